The fourth-order valence-electron chi connectivity index (χ4n) is 4.77. The zero-order valence-electron chi connectivity index (χ0n) is 25.5. The number of sulfonamides is 1. The standard InChI is InChI=1S/C35H37ClFN3O4S/c1-4-26(3)38-35(42)33(21-27-11-7-5-8-12-27)39(23-28-16-18-29(37)19-17-28)34(41)24-40(30-20-15-25(2)32(36)22-30)45(43,44)31-13-9-6-10-14-31/h5-20,22,26,33H,4,21,23-24H2,1-3H3,(H,38,42). The molecule has 1 N–H and O–H groups in total. The molecule has 0 aliphatic carbocycles. The van der Waals surface area contributed by atoms with E-state index in [1.54, 1.807) is 49.4 Å². The summed E-state index contributed by atoms with van der Waals surface area (Å²) >= 11 is 6.42. The van der Waals surface area contributed by atoms with Crippen molar-refractivity contribution in [3.8, 4) is 0 Å². The van der Waals surface area contributed by atoms with Gasteiger partial charge >= 0.3 is 0 Å². The molecule has 0 aliphatic heterocycles. The smallest absolute Gasteiger partial charge is 0.264 e. The molecule has 4 aromatic carbocycles. The molecule has 0 heterocycles. The second-order valence-electron chi connectivity index (χ2n) is 10.9. The fourth-order valence-corrected chi connectivity index (χ4v) is 6.37. The van der Waals surface area contributed by atoms with E-state index in [9.17, 15) is 22.4 Å². The van der Waals surface area contributed by atoms with Crippen molar-refractivity contribution in [2.75, 3.05) is 10.8 Å². The summed E-state index contributed by atoms with van der Waals surface area (Å²) in [4.78, 5) is 29.7. The Morgan fingerprint density at radius 1 is 0.889 bits per heavy atom. The first-order valence-electron chi connectivity index (χ1n) is 14.7. The summed E-state index contributed by atoms with van der Waals surface area (Å²) in [5.74, 6) is -1.43. The Hall–Kier alpha value is -4.21. The maximum Gasteiger partial charge on any atom is 0.264 e. The van der Waals surface area contributed by atoms with E-state index in [0.717, 1.165) is 15.4 Å². The van der Waals surface area contributed by atoms with Crippen LogP contribution in [0.4, 0.5) is 10.1 Å². The van der Waals surface area contributed by atoms with Crippen LogP contribution >= 0.6 is 11.6 Å². The number of rotatable bonds is 13. The molecule has 0 radical (unpaired) electrons. The van der Waals surface area contributed by atoms with Crippen molar-refractivity contribution in [3.05, 3.63) is 131 Å². The minimum absolute atomic E-state index is 0.00469. The van der Waals surface area contributed by atoms with Crippen LogP contribution < -0.4 is 9.62 Å². The number of nitrogens with zero attached hydrogens (tertiary/aromatic N) is 2. The Morgan fingerprint density at radius 3 is 2.11 bits per heavy atom. The number of carbonyl (C=O) groups is 2. The number of carbonyl (C=O) groups excluding carboxylic acids is 2. The van der Waals surface area contributed by atoms with Gasteiger partial charge in [0.15, 0.2) is 0 Å². The van der Waals surface area contributed by atoms with E-state index in [4.69, 9.17) is 11.6 Å². The van der Waals surface area contributed by atoms with Crippen molar-refractivity contribution in [1.82, 2.24) is 10.2 Å². The van der Waals surface area contributed by atoms with Crippen LogP contribution in [-0.2, 0) is 32.6 Å². The van der Waals surface area contributed by atoms with Crippen LogP contribution in [0, 0.1) is 12.7 Å². The lowest BCUT2D eigenvalue weighted by Crippen LogP contribution is -2.54. The molecule has 0 spiro atoms. The molecule has 0 aliphatic rings. The number of halogens is 2. The normalized spacial score (nSPS) is 12.6. The quantitative estimate of drug-likeness (QED) is 0.178. The second-order valence-corrected chi connectivity index (χ2v) is 13.2. The van der Waals surface area contributed by atoms with E-state index in [1.807, 2.05) is 44.2 Å². The van der Waals surface area contributed by atoms with Gasteiger partial charge in [-0.2, -0.15) is 0 Å². The van der Waals surface area contributed by atoms with E-state index < -0.39 is 34.3 Å². The summed E-state index contributed by atoms with van der Waals surface area (Å²) in [6.45, 7) is 4.94. The van der Waals surface area contributed by atoms with Gasteiger partial charge in [0.2, 0.25) is 11.8 Å². The number of hydrogen-bond acceptors (Lipinski definition) is 4. The van der Waals surface area contributed by atoms with Gasteiger partial charge in [0.05, 0.1) is 10.6 Å². The van der Waals surface area contributed by atoms with Crippen molar-refractivity contribution in [1.29, 1.82) is 0 Å². The van der Waals surface area contributed by atoms with E-state index in [-0.39, 0.29) is 35.5 Å². The van der Waals surface area contributed by atoms with Crippen LogP contribution in [0.2, 0.25) is 5.02 Å². The number of amides is 2. The third-order valence-electron chi connectivity index (χ3n) is 7.59. The molecule has 10 heteroatoms. The highest BCUT2D eigenvalue weighted by atomic mass is 35.5. The fraction of sp³-hybridized carbons (Fsp3) is 0.257. The molecule has 2 amide bonds. The Morgan fingerprint density at radius 2 is 1.51 bits per heavy atom. The second kappa shape index (κ2) is 15.2. The largest absolute Gasteiger partial charge is 0.352 e. The van der Waals surface area contributed by atoms with Gasteiger partial charge in [0, 0.05) is 24.0 Å². The zero-order chi connectivity index (χ0) is 32.6. The van der Waals surface area contributed by atoms with Crippen LogP contribution in [-0.4, -0.2) is 43.8 Å². The number of aryl methyl sites for hydroxylation is 1. The predicted molar refractivity (Wildman–Crippen MR) is 176 cm³/mol. The molecule has 7 nitrogen and oxygen atoms in total. The van der Waals surface area contributed by atoms with Crippen LogP contribution in [0.25, 0.3) is 0 Å². The van der Waals surface area contributed by atoms with Crippen molar-refractivity contribution in [2.45, 2.75) is 57.1 Å². The third-order valence-corrected chi connectivity index (χ3v) is 9.79. The summed E-state index contributed by atoms with van der Waals surface area (Å²) in [5, 5.41) is 3.33. The van der Waals surface area contributed by atoms with Gasteiger partial charge in [-0.3, -0.25) is 13.9 Å². The Bertz CT molecular complexity index is 1700. The van der Waals surface area contributed by atoms with E-state index in [2.05, 4.69) is 5.32 Å². The number of hydrogen-bond donors (Lipinski definition) is 1. The lowest BCUT2D eigenvalue weighted by atomic mass is 10.0. The molecule has 2 atom stereocenters. The number of nitrogens with one attached hydrogen (secondary N) is 1. The monoisotopic (exact) mass is 649 g/mol. The summed E-state index contributed by atoms with van der Waals surface area (Å²) in [5.41, 5.74) is 2.34. The predicted octanol–water partition coefficient (Wildman–Crippen LogP) is 6.54. The molecular weight excluding hydrogens is 613 g/mol. The summed E-state index contributed by atoms with van der Waals surface area (Å²) in [6.07, 6.45) is 0.852. The van der Waals surface area contributed by atoms with Crippen molar-refractivity contribution < 1.29 is 22.4 Å². The Balaban J connectivity index is 1.81. The lowest BCUT2D eigenvalue weighted by Gasteiger charge is -2.34. The first kappa shape index (κ1) is 33.7. The van der Waals surface area contributed by atoms with Crippen molar-refractivity contribution >= 4 is 39.1 Å². The molecule has 0 saturated carbocycles. The molecule has 4 rings (SSSR count). The van der Waals surface area contributed by atoms with Crippen molar-refractivity contribution in [3.63, 3.8) is 0 Å². The first-order valence-corrected chi connectivity index (χ1v) is 16.5. The average molecular weight is 650 g/mol. The highest BCUT2D eigenvalue weighted by Gasteiger charge is 2.35. The van der Waals surface area contributed by atoms with Gasteiger partial charge in [0.1, 0.15) is 18.4 Å². The van der Waals surface area contributed by atoms with E-state index >= 15 is 0 Å². The molecule has 45 heavy (non-hydrogen) atoms. The van der Waals surface area contributed by atoms with Gasteiger partial charge in [-0.1, -0.05) is 85.3 Å². The van der Waals surface area contributed by atoms with Gasteiger partial charge in [0.25, 0.3) is 10.0 Å². The Kier molecular flexibility index (Phi) is 11.4. The first-order chi connectivity index (χ1) is 21.5. The summed E-state index contributed by atoms with van der Waals surface area (Å²) < 4.78 is 42.9. The Labute approximate surface area is 269 Å². The maximum absolute atomic E-state index is 14.5. The van der Waals surface area contributed by atoms with Crippen LogP contribution in [0.15, 0.2) is 108 Å². The minimum Gasteiger partial charge on any atom is -0.352 e. The van der Waals surface area contributed by atoms with Crippen molar-refractivity contribution in [2.24, 2.45) is 0 Å². The minimum atomic E-state index is -4.24. The molecular formula is C35H37ClFN3O4S. The molecule has 2 unspecified atom stereocenters. The highest BCUT2D eigenvalue weighted by molar-refractivity contribution is 7.92. The van der Waals surface area contributed by atoms with Crippen LogP contribution in [0.1, 0.15) is 37.0 Å². The SMILES string of the molecule is CCC(C)NC(=O)C(Cc1ccccc1)N(Cc1ccc(F)cc1)C(=O)CN(c1ccc(C)c(Cl)c1)S(=O)(=O)c1ccccc1. The molecule has 236 valence electrons. The molecule has 0 fully saturated rings. The third kappa shape index (κ3) is 8.71. The molecule has 0 bridgehead atoms. The average Bonchev–Trinajstić information content (AvgIpc) is 3.04. The van der Waals surface area contributed by atoms with E-state index in [1.165, 1.54) is 35.2 Å². The van der Waals surface area contributed by atoms with Crippen LogP contribution in [0.3, 0.4) is 0 Å². The molecule has 0 saturated heterocycles. The molecule has 4 aromatic rings. The van der Waals surface area contributed by atoms with Gasteiger partial charge in [-0.05, 0) is 73.4 Å². The van der Waals surface area contributed by atoms with E-state index in [0.29, 0.717) is 17.0 Å². The van der Waals surface area contributed by atoms with Gasteiger partial charge < -0.3 is 10.2 Å². The topological polar surface area (TPSA) is 86.8 Å². The number of anilines is 1. The number of benzene rings is 4. The van der Waals surface area contributed by atoms with Gasteiger partial charge in [-0.25, -0.2) is 12.8 Å². The summed E-state index contributed by atoms with van der Waals surface area (Å²) in [6, 6.07) is 26.4. The maximum atomic E-state index is 14.5. The molecule has 0 aromatic heterocycles. The van der Waals surface area contributed by atoms with Crippen LogP contribution in [0.5, 0.6) is 0 Å². The highest BCUT2D eigenvalue weighted by Crippen LogP contribution is 2.29. The zero-order valence-corrected chi connectivity index (χ0v) is 27.1. The lowest BCUT2D eigenvalue weighted by molar-refractivity contribution is -0.140. The summed E-state index contributed by atoms with van der Waals surface area (Å²) in [7, 11) is -4.24. The van der Waals surface area contributed by atoms with Gasteiger partial charge in [-0.15, -0.1) is 0 Å².